The standard InChI is InChI=1S/C15H25N3O/c1-12-4-5-15(19)14(16-12)11-18-8-6-13(7-9-18)10-17(2)3/h4-5,13,19H,6-11H2,1-3H3. The lowest BCUT2D eigenvalue weighted by Crippen LogP contribution is -2.36. The van der Waals surface area contributed by atoms with Gasteiger partial charge in [-0.05, 0) is 65.0 Å². The van der Waals surface area contributed by atoms with Crippen LogP contribution in [0.1, 0.15) is 24.2 Å². The number of rotatable bonds is 4. The summed E-state index contributed by atoms with van der Waals surface area (Å²) in [5.41, 5.74) is 1.78. The zero-order valence-electron chi connectivity index (χ0n) is 12.3. The molecule has 2 rings (SSSR count). The van der Waals surface area contributed by atoms with Gasteiger partial charge in [-0.1, -0.05) is 0 Å². The highest BCUT2D eigenvalue weighted by molar-refractivity contribution is 5.27. The topological polar surface area (TPSA) is 39.6 Å². The molecule has 1 aliphatic heterocycles. The first-order chi connectivity index (χ1) is 9.04. The molecule has 106 valence electrons. The predicted octanol–water partition coefficient (Wildman–Crippen LogP) is 1.87. The maximum atomic E-state index is 9.84. The van der Waals surface area contributed by atoms with Crippen molar-refractivity contribution in [2.45, 2.75) is 26.3 Å². The molecule has 0 aliphatic carbocycles. The Morgan fingerprint density at radius 1 is 1.32 bits per heavy atom. The number of nitrogens with zero attached hydrogens (tertiary/aromatic N) is 3. The number of aryl methyl sites for hydroxylation is 1. The van der Waals surface area contributed by atoms with Crippen molar-refractivity contribution in [3.63, 3.8) is 0 Å². The van der Waals surface area contributed by atoms with Crippen LogP contribution < -0.4 is 0 Å². The number of hydrogen-bond donors (Lipinski definition) is 1. The molecule has 1 saturated heterocycles. The summed E-state index contributed by atoms with van der Waals surface area (Å²) in [7, 11) is 4.28. The third-order valence-corrected chi connectivity index (χ3v) is 3.79. The van der Waals surface area contributed by atoms with Gasteiger partial charge in [0.15, 0.2) is 0 Å². The summed E-state index contributed by atoms with van der Waals surface area (Å²) in [6.07, 6.45) is 2.48. The summed E-state index contributed by atoms with van der Waals surface area (Å²) < 4.78 is 0. The van der Waals surface area contributed by atoms with E-state index in [-0.39, 0.29) is 0 Å². The molecule has 19 heavy (non-hydrogen) atoms. The highest BCUT2D eigenvalue weighted by atomic mass is 16.3. The van der Waals surface area contributed by atoms with Crippen molar-refractivity contribution in [2.24, 2.45) is 5.92 Å². The highest BCUT2D eigenvalue weighted by Crippen LogP contribution is 2.22. The van der Waals surface area contributed by atoms with E-state index >= 15 is 0 Å². The molecular weight excluding hydrogens is 238 g/mol. The van der Waals surface area contributed by atoms with Crippen LogP contribution >= 0.6 is 0 Å². The van der Waals surface area contributed by atoms with Gasteiger partial charge in [-0.15, -0.1) is 0 Å². The van der Waals surface area contributed by atoms with E-state index in [1.54, 1.807) is 6.07 Å². The summed E-state index contributed by atoms with van der Waals surface area (Å²) >= 11 is 0. The van der Waals surface area contributed by atoms with E-state index in [1.165, 1.54) is 19.4 Å². The molecule has 0 saturated carbocycles. The van der Waals surface area contributed by atoms with Crippen LogP contribution in [0.25, 0.3) is 0 Å². The summed E-state index contributed by atoms with van der Waals surface area (Å²) in [5, 5.41) is 9.84. The minimum atomic E-state index is 0.320. The van der Waals surface area contributed by atoms with E-state index in [1.807, 2.05) is 13.0 Å². The SMILES string of the molecule is Cc1ccc(O)c(CN2CCC(CN(C)C)CC2)n1. The van der Waals surface area contributed by atoms with Gasteiger partial charge in [0.2, 0.25) is 0 Å². The molecule has 0 atom stereocenters. The average Bonchev–Trinajstić information content (AvgIpc) is 2.35. The largest absolute Gasteiger partial charge is 0.506 e. The fourth-order valence-corrected chi connectivity index (χ4v) is 2.77. The summed E-state index contributed by atoms with van der Waals surface area (Å²) in [6.45, 7) is 6.12. The Kier molecular flexibility index (Phi) is 4.77. The zero-order valence-corrected chi connectivity index (χ0v) is 12.3. The fraction of sp³-hybridized carbons (Fsp3) is 0.667. The van der Waals surface area contributed by atoms with E-state index < -0.39 is 0 Å². The number of pyridine rings is 1. The Morgan fingerprint density at radius 3 is 2.63 bits per heavy atom. The zero-order chi connectivity index (χ0) is 13.8. The Balaban J connectivity index is 1.87. The predicted molar refractivity (Wildman–Crippen MR) is 77.2 cm³/mol. The van der Waals surface area contributed by atoms with E-state index in [9.17, 15) is 5.11 Å². The number of aromatic nitrogens is 1. The van der Waals surface area contributed by atoms with Crippen molar-refractivity contribution < 1.29 is 5.11 Å². The lowest BCUT2D eigenvalue weighted by Gasteiger charge is -2.33. The molecule has 0 radical (unpaired) electrons. The Labute approximate surface area is 116 Å². The van der Waals surface area contributed by atoms with E-state index in [0.29, 0.717) is 5.75 Å². The molecule has 1 aromatic rings. The first-order valence-corrected chi connectivity index (χ1v) is 7.07. The molecule has 4 heteroatoms. The summed E-state index contributed by atoms with van der Waals surface area (Å²) in [6, 6.07) is 3.60. The lowest BCUT2D eigenvalue weighted by atomic mass is 9.96. The van der Waals surface area contributed by atoms with Gasteiger partial charge in [0.25, 0.3) is 0 Å². The van der Waals surface area contributed by atoms with Gasteiger partial charge in [-0.25, -0.2) is 0 Å². The van der Waals surface area contributed by atoms with E-state index in [4.69, 9.17) is 0 Å². The first kappa shape index (κ1) is 14.3. The molecule has 0 spiro atoms. The number of hydrogen-bond acceptors (Lipinski definition) is 4. The monoisotopic (exact) mass is 263 g/mol. The van der Waals surface area contributed by atoms with Crippen molar-refractivity contribution in [3.8, 4) is 5.75 Å². The molecule has 1 aliphatic rings. The minimum Gasteiger partial charge on any atom is -0.506 e. The van der Waals surface area contributed by atoms with Gasteiger partial charge >= 0.3 is 0 Å². The molecule has 4 nitrogen and oxygen atoms in total. The number of aromatic hydroxyl groups is 1. The summed E-state index contributed by atoms with van der Waals surface area (Å²) in [4.78, 5) is 9.10. The maximum absolute atomic E-state index is 9.84. The van der Waals surface area contributed by atoms with Crippen molar-refractivity contribution in [1.29, 1.82) is 0 Å². The summed E-state index contributed by atoms with van der Waals surface area (Å²) in [5.74, 6) is 1.13. The smallest absolute Gasteiger partial charge is 0.138 e. The second kappa shape index (κ2) is 6.35. The van der Waals surface area contributed by atoms with Crippen LogP contribution in [0.5, 0.6) is 5.75 Å². The highest BCUT2D eigenvalue weighted by Gasteiger charge is 2.20. The molecule has 1 fully saturated rings. The Hall–Kier alpha value is -1.13. The number of likely N-dealkylation sites (tertiary alicyclic amines) is 1. The van der Waals surface area contributed by atoms with Crippen LogP contribution in [0, 0.1) is 12.8 Å². The van der Waals surface area contributed by atoms with Crippen LogP contribution in [-0.4, -0.2) is 53.6 Å². The van der Waals surface area contributed by atoms with Crippen molar-refractivity contribution in [3.05, 3.63) is 23.5 Å². The third kappa shape index (κ3) is 4.18. The van der Waals surface area contributed by atoms with Crippen LogP contribution in [0.4, 0.5) is 0 Å². The third-order valence-electron chi connectivity index (χ3n) is 3.79. The van der Waals surface area contributed by atoms with Gasteiger partial charge in [0.05, 0.1) is 5.69 Å². The van der Waals surface area contributed by atoms with Gasteiger partial charge < -0.3 is 10.0 Å². The van der Waals surface area contributed by atoms with E-state index in [2.05, 4.69) is 28.9 Å². The van der Waals surface area contributed by atoms with Crippen molar-refractivity contribution in [2.75, 3.05) is 33.7 Å². The fourth-order valence-electron chi connectivity index (χ4n) is 2.77. The lowest BCUT2D eigenvalue weighted by molar-refractivity contribution is 0.154. The van der Waals surface area contributed by atoms with Gasteiger partial charge in [0.1, 0.15) is 5.75 Å². The molecule has 0 amide bonds. The maximum Gasteiger partial charge on any atom is 0.138 e. The van der Waals surface area contributed by atoms with Crippen LogP contribution in [0.15, 0.2) is 12.1 Å². The molecule has 1 N–H and O–H groups in total. The minimum absolute atomic E-state index is 0.320. The Bertz CT molecular complexity index is 412. The quantitative estimate of drug-likeness (QED) is 0.900. The second-order valence-electron chi connectivity index (χ2n) is 5.90. The van der Waals surface area contributed by atoms with Crippen LogP contribution in [0.2, 0.25) is 0 Å². The molecule has 0 unspecified atom stereocenters. The second-order valence-corrected chi connectivity index (χ2v) is 5.90. The molecular formula is C15H25N3O. The van der Waals surface area contributed by atoms with Crippen molar-refractivity contribution >= 4 is 0 Å². The van der Waals surface area contributed by atoms with Crippen LogP contribution in [0.3, 0.4) is 0 Å². The molecule has 2 heterocycles. The normalized spacial score (nSPS) is 18.1. The molecule has 0 bridgehead atoms. The van der Waals surface area contributed by atoms with E-state index in [0.717, 1.165) is 36.9 Å². The number of piperidine rings is 1. The van der Waals surface area contributed by atoms with Gasteiger partial charge in [-0.2, -0.15) is 0 Å². The molecule has 1 aromatic heterocycles. The Morgan fingerprint density at radius 2 is 2.00 bits per heavy atom. The van der Waals surface area contributed by atoms with Gasteiger partial charge in [-0.3, -0.25) is 9.88 Å². The first-order valence-electron chi connectivity index (χ1n) is 7.07. The van der Waals surface area contributed by atoms with Gasteiger partial charge in [0, 0.05) is 18.8 Å². The van der Waals surface area contributed by atoms with Crippen LogP contribution in [-0.2, 0) is 6.54 Å². The average molecular weight is 263 g/mol. The van der Waals surface area contributed by atoms with Crippen molar-refractivity contribution in [1.82, 2.24) is 14.8 Å². The molecule has 0 aromatic carbocycles.